The third kappa shape index (κ3) is 4.57. The predicted molar refractivity (Wildman–Crippen MR) is 69.0 cm³/mol. The van der Waals surface area contributed by atoms with Crippen molar-refractivity contribution in [2.75, 3.05) is 0 Å². The fraction of sp³-hybridized carbons (Fsp3) is 1.00. The van der Waals surface area contributed by atoms with Crippen LogP contribution in [0, 0.1) is 23.7 Å². The molecule has 0 aromatic heterocycles. The minimum Gasteiger partial charge on any atom is -0.0651 e. The molecule has 0 aliphatic heterocycles. The summed E-state index contributed by atoms with van der Waals surface area (Å²) in [6, 6.07) is 0. The summed E-state index contributed by atoms with van der Waals surface area (Å²) in [7, 11) is 0. The van der Waals surface area contributed by atoms with Gasteiger partial charge in [0, 0.05) is 0 Å². The van der Waals surface area contributed by atoms with Gasteiger partial charge in [0.2, 0.25) is 0 Å². The highest BCUT2D eigenvalue weighted by Crippen LogP contribution is 2.33. The zero-order valence-corrected chi connectivity index (χ0v) is 11.3. The molecule has 1 aliphatic rings. The van der Waals surface area contributed by atoms with Crippen LogP contribution >= 0.6 is 0 Å². The van der Waals surface area contributed by atoms with Gasteiger partial charge in [0.05, 0.1) is 0 Å². The maximum Gasteiger partial charge on any atom is -0.0412 e. The minimum absolute atomic E-state index is 0.963. The van der Waals surface area contributed by atoms with E-state index in [2.05, 4.69) is 27.7 Å². The van der Waals surface area contributed by atoms with E-state index in [-0.39, 0.29) is 0 Å². The van der Waals surface area contributed by atoms with Gasteiger partial charge < -0.3 is 0 Å². The van der Waals surface area contributed by atoms with E-state index in [1.54, 1.807) is 0 Å². The zero-order chi connectivity index (χ0) is 11.3. The Morgan fingerprint density at radius 3 is 1.87 bits per heavy atom. The third-order valence-electron chi connectivity index (χ3n) is 4.43. The van der Waals surface area contributed by atoms with Crippen LogP contribution in [0.25, 0.3) is 0 Å². The van der Waals surface area contributed by atoms with Crippen LogP contribution in [-0.2, 0) is 0 Å². The highest BCUT2D eigenvalue weighted by Gasteiger charge is 2.21. The molecule has 0 nitrogen and oxygen atoms in total. The third-order valence-corrected chi connectivity index (χ3v) is 4.43. The van der Waals surface area contributed by atoms with Crippen molar-refractivity contribution < 1.29 is 0 Å². The quantitative estimate of drug-likeness (QED) is 0.582. The summed E-state index contributed by atoms with van der Waals surface area (Å²) < 4.78 is 0. The standard InChI is InChI=1S/C15H30/c1-5-14-8-7-12(3)9-15(6-2)11-13(4)10-14/h12-15H,5-11H2,1-4H3. The molecule has 4 unspecified atom stereocenters. The van der Waals surface area contributed by atoms with Crippen molar-refractivity contribution in [2.24, 2.45) is 23.7 Å². The van der Waals surface area contributed by atoms with Crippen LogP contribution < -0.4 is 0 Å². The highest BCUT2D eigenvalue weighted by molar-refractivity contribution is 4.73. The highest BCUT2D eigenvalue weighted by atomic mass is 14.3. The van der Waals surface area contributed by atoms with Crippen LogP contribution in [0.1, 0.15) is 72.6 Å². The molecule has 0 radical (unpaired) electrons. The largest absolute Gasteiger partial charge is 0.0651 e. The molecule has 0 heteroatoms. The van der Waals surface area contributed by atoms with Crippen LogP contribution in [-0.4, -0.2) is 0 Å². The van der Waals surface area contributed by atoms with Crippen molar-refractivity contribution in [1.82, 2.24) is 0 Å². The Morgan fingerprint density at radius 2 is 1.27 bits per heavy atom. The summed E-state index contributed by atoms with van der Waals surface area (Å²) in [5.74, 6) is 3.95. The second-order valence-corrected chi connectivity index (χ2v) is 6.04. The molecule has 0 bridgehead atoms. The SMILES string of the molecule is CCC1CCC(C)CC(CC)CC(C)C1. The smallest absolute Gasteiger partial charge is 0.0412 e. The molecule has 0 N–H and O–H groups in total. The van der Waals surface area contributed by atoms with Crippen LogP contribution in [0.3, 0.4) is 0 Å². The van der Waals surface area contributed by atoms with Gasteiger partial charge in [-0.05, 0) is 42.9 Å². The normalized spacial score (nSPS) is 39.2. The van der Waals surface area contributed by atoms with Crippen molar-refractivity contribution in [3.8, 4) is 0 Å². The Bertz CT molecular complexity index is 161. The van der Waals surface area contributed by atoms with Gasteiger partial charge >= 0.3 is 0 Å². The average Bonchev–Trinajstić information content (AvgIpc) is 2.28. The monoisotopic (exact) mass is 210 g/mol. The van der Waals surface area contributed by atoms with Gasteiger partial charge in [-0.2, -0.15) is 0 Å². The Hall–Kier alpha value is 0. The summed E-state index contributed by atoms with van der Waals surface area (Å²) >= 11 is 0. The summed E-state index contributed by atoms with van der Waals surface area (Å²) in [4.78, 5) is 0. The van der Waals surface area contributed by atoms with E-state index >= 15 is 0 Å². The maximum atomic E-state index is 2.47. The van der Waals surface area contributed by atoms with Gasteiger partial charge in [-0.25, -0.2) is 0 Å². The Balaban J connectivity index is 2.54. The summed E-state index contributed by atoms with van der Waals surface area (Å²) in [6.45, 7) is 9.68. The second kappa shape index (κ2) is 6.55. The van der Waals surface area contributed by atoms with Crippen molar-refractivity contribution >= 4 is 0 Å². The molecule has 0 spiro atoms. The predicted octanol–water partition coefficient (Wildman–Crippen LogP) is 5.28. The zero-order valence-electron chi connectivity index (χ0n) is 11.3. The first kappa shape index (κ1) is 13.1. The molecule has 0 heterocycles. The van der Waals surface area contributed by atoms with Gasteiger partial charge in [-0.3, -0.25) is 0 Å². The van der Waals surface area contributed by atoms with Gasteiger partial charge in [0.15, 0.2) is 0 Å². The van der Waals surface area contributed by atoms with E-state index in [1.165, 1.54) is 44.9 Å². The maximum absolute atomic E-state index is 2.47. The summed E-state index contributed by atoms with van der Waals surface area (Å²) in [5, 5.41) is 0. The molecule has 1 rings (SSSR count). The van der Waals surface area contributed by atoms with Gasteiger partial charge in [-0.15, -0.1) is 0 Å². The topological polar surface area (TPSA) is 0 Å². The van der Waals surface area contributed by atoms with Crippen molar-refractivity contribution in [3.63, 3.8) is 0 Å². The molecule has 1 aliphatic carbocycles. The molecule has 1 saturated carbocycles. The van der Waals surface area contributed by atoms with Crippen molar-refractivity contribution in [1.29, 1.82) is 0 Å². The fourth-order valence-corrected chi connectivity index (χ4v) is 3.36. The molecule has 0 saturated heterocycles. The molecule has 90 valence electrons. The molecule has 4 atom stereocenters. The molecular formula is C15H30. The first-order chi connectivity index (χ1) is 7.15. The Labute approximate surface area is 96.8 Å². The van der Waals surface area contributed by atoms with Crippen LogP contribution in [0.2, 0.25) is 0 Å². The molecular weight excluding hydrogens is 180 g/mol. The minimum atomic E-state index is 0.963. The lowest BCUT2D eigenvalue weighted by Gasteiger charge is -2.21. The van der Waals surface area contributed by atoms with Crippen LogP contribution in [0.15, 0.2) is 0 Å². The Morgan fingerprint density at radius 1 is 0.733 bits per heavy atom. The molecule has 0 amide bonds. The number of rotatable bonds is 2. The molecule has 1 fully saturated rings. The van der Waals surface area contributed by atoms with Gasteiger partial charge in [0.25, 0.3) is 0 Å². The van der Waals surface area contributed by atoms with E-state index in [1.807, 2.05) is 0 Å². The lowest BCUT2D eigenvalue weighted by molar-refractivity contribution is 0.306. The van der Waals surface area contributed by atoms with Crippen molar-refractivity contribution in [2.45, 2.75) is 72.6 Å². The second-order valence-electron chi connectivity index (χ2n) is 6.04. The fourth-order valence-electron chi connectivity index (χ4n) is 3.36. The molecule has 0 aromatic rings. The average molecular weight is 210 g/mol. The Kier molecular flexibility index (Phi) is 5.71. The molecule has 15 heavy (non-hydrogen) atoms. The number of hydrogen-bond donors (Lipinski definition) is 0. The van der Waals surface area contributed by atoms with Crippen LogP contribution in [0.4, 0.5) is 0 Å². The first-order valence-electron chi connectivity index (χ1n) is 7.15. The van der Waals surface area contributed by atoms with E-state index < -0.39 is 0 Å². The van der Waals surface area contributed by atoms with Gasteiger partial charge in [-0.1, -0.05) is 53.4 Å². The number of hydrogen-bond acceptors (Lipinski definition) is 0. The lowest BCUT2D eigenvalue weighted by Crippen LogP contribution is -2.09. The van der Waals surface area contributed by atoms with Crippen LogP contribution in [0.5, 0.6) is 0 Å². The van der Waals surface area contributed by atoms with E-state index in [4.69, 9.17) is 0 Å². The van der Waals surface area contributed by atoms with E-state index in [0.717, 1.165) is 23.7 Å². The van der Waals surface area contributed by atoms with E-state index in [9.17, 15) is 0 Å². The van der Waals surface area contributed by atoms with E-state index in [0.29, 0.717) is 0 Å². The molecule has 0 aromatic carbocycles. The first-order valence-corrected chi connectivity index (χ1v) is 7.15. The van der Waals surface area contributed by atoms with Crippen molar-refractivity contribution in [3.05, 3.63) is 0 Å². The lowest BCUT2D eigenvalue weighted by atomic mass is 9.85. The van der Waals surface area contributed by atoms with Gasteiger partial charge in [0.1, 0.15) is 0 Å². The summed E-state index contributed by atoms with van der Waals surface area (Å²) in [5.41, 5.74) is 0. The summed E-state index contributed by atoms with van der Waals surface area (Å²) in [6.07, 6.45) is 10.2.